The standard InChI is InChI=1S/C15H16O2S/c1-11-4-7-14(10-15(11)17-3)18-13-8-5-12(16-2)6-9-13/h4-10H,1-3H3. The second-order valence-corrected chi connectivity index (χ2v) is 5.06. The minimum absolute atomic E-state index is 0.876. The molecule has 0 aliphatic heterocycles. The van der Waals surface area contributed by atoms with E-state index in [2.05, 4.69) is 30.3 Å². The number of methoxy groups -OCH3 is 2. The van der Waals surface area contributed by atoms with Gasteiger partial charge >= 0.3 is 0 Å². The topological polar surface area (TPSA) is 18.5 Å². The van der Waals surface area contributed by atoms with Gasteiger partial charge < -0.3 is 9.47 Å². The van der Waals surface area contributed by atoms with Crippen LogP contribution in [0.1, 0.15) is 5.56 Å². The predicted molar refractivity (Wildman–Crippen MR) is 74.8 cm³/mol. The Morgan fingerprint density at radius 3 is 2.11 bits per heavy atom. The van der Waals surface area contributed by atoms with Gasteiger partial charge in [-0.25, -0.2) is 0 Å². The summed E-state index contributed by atoms with van der Waals surface area (Å²) in [5.41, 5.74) is 1.15. The van der Waals surface area contributed by atoms with E-state index in [9.17, 15) is 0 Å². The highest BCUT2D eigenvalue weighted by Gasteiger charge is 2.02. The van der Waals surface area contributed by atoms with Crippen molar-refractivity contribution in [2.45, 2.75) is 16.7 Å². The molecule has 0 radical (unpaired) electrons. The lowest BCUT2D eigenvalue weighted by molar-refractivity contribution is 0.410. The summed E-state index contributed by atoms with van der Waals surface area (Å²) in [4.78, 5) is 2.35. The fourth-order valence-corrected chi connectivity index (χ4v) is 2.49. The molecule has 0 unspecified atom stereocenters. The summed E-state index contributed by atoms with van der Waals surface area (Å²) in [6.07, 6.45) is 0. The molecule has 2 rings (SSSR count). The summed E-state index contributed by atoms with van der Waals surface area (Å²) in [6, 6.07) is 14.3. The van der Waals surface area contributed by atoms with Crippen molar-refractivity contribution in [2.24, 2.45) is 0 Å². The van der Waals surface area contributed by atoms with E-state index in [4.69, 9.17) is 9.47 Å². The van der Waals surface area contributed by atoms with Crippen LogP contribution in [0.5, 0.6) is 11.5 Å². The number of hydrogen-bond acceptors (Lipinski definition) is 3. The molecule has 0 bridgehead atoms. The van der Waals surface area contributed by atoms with Crippen LogP contribution in [0.3, 0.4) is 0 Å². The van der Waals surface area contributed by atoms with Gasteiger partial charge in [0.2, 0.25) is 0 Å². The molecule has 0 fully saturated rings. The number of hydrogen-bond donors (Lipinski definition) is 0. The van der Waals surface area contributed by atoms with E-state index in [1.807, 2.05) is 19.1 Å². The van der Waals surface area contributed by atoms with Crippen molar-refractivity contribution >= 4 is 11.8 Å². The first-order valence-corrected chi connectivity index (χ1v) is 6.51. The Kier molecular flexibility index (Phi) is 4.15. The first-order chi connectivity index (χ1) is 8.72. The van der Waals surface area contributed by atoms with Gasteiger partial charge in [-0.1, -0.05) is 17.8 Å². The van der Waals surface area contributed by atoms with Crippen LogP contribution in [0.2, 0.25) is 0 Å². The van der Waals surface area contributed by atoms with E-state index in [-0.39, 0.29) is 0 Å². The average molecular weight is 260 g/mol. The molecule has 0 heterocycles. The van der Waals surface area contributed by atoms with Gasteiger partial charge in [0.1, 0.15) is 11.5 Å². The van der Waals surface area contributed by atoms with Crippen LogP contribution >= 0.6 is 11.8 Å². The number of ether oxygens (including phenoxy) is 2. The summed E-state index contributed by atoms with van der Waals surface area (Å²) in [7, 11) is 3.37. The molecule has 0 saturated carbocycles. The summed E-state index contributed by atoms with van der Waals surface area (Å²) in [5, 5.41) is 0. The van der Waals surface area contributed by atoms with Crippen molar-refractivity contribution in [1.29, 1.82) is 0 Å². The lowest BCUT2D eigenvalue weighted by Crippen LogP contribution is -1.87. The lowest BCUT2D eigenvalue weighted by atomic mass is 10.2. The molecule has 0 amide bonds. The molecular weight excluding hydrogens is 244 g/mol. The Bertz CT molecular complexity index is 521. The van der Waals surface area contributed by atoms with Gasteiger partial charge in [0.05, 0.1) is 14.2 Å². The van der Waals surface area contributed by atoms with E-state index in [0.29, 0.717) is 0 Å². The molecule has 2 aromatic rings. The minimum Gasteiger partial charge on any atom is -0.497 e. The van der Waals surface area contributed by atoms with E-state index < -0.39 is 0 Å². The molecule has 0 N–H and O–H groups in total. The maximum Gasteiger partial charge on any atom is 0.122 e. The van der Waals surface area contributed by atoms with Crippen LogP contribution in [-0.4, -0.2) is 14.2 Å². The number of rotatable bonds is 4. The Labute approximate surface area is 112 Å². The van der Waals surface area contributed by atoms with Gasteiger partial charge in [-0.15, -0.1) is 0 Å². The third-order valence-electron chi connectivity index (χ3n) is 2.67. The minimum atomic E-state index is 0.876. The largest absolute Gasteiger partial charge is 0.497 e. The van der Waals surface area contributed by atoms with Gasteiger partial charge in [0, 0.05) is 9.79 Å². The molecule has 0 atom stereocenters. The second kappa shape index (κ2) is 5.83. The zero-order valence-electron chi connectivity index (χ0n) is 10.8. The highest BCUT2D eigenvalue weighted by Crippen LogP contribution is 2.32. The summed E-state index contributed by atoms with van der Waals surface area (Å²) < 4.78 is 10.5. The average Bonchev–Trinajstić information content (AvgIpc) is 2.42. The van der Waals surface area contributed by atoms with Gasteiger partial charge in [-0.3, -0.25) is 0 Å². The fraction of sp³-hybridized carbons (Fsp3) is 0.200. The zero-order chi connectivity index (χ0) is 13.0. The fourth-order valence-electron chi connectivity index (χ4n) is 1.64. The van der Waals surface area contributed by atoms with Crippen molar-refractivity contribution in [3.8, 4) is 11.5 Å². The van der Waals surface area contributed by atoms with Crippen molar-refractivity contribution in [1.82, 2.24) is 0 Å². The maximum absolute atomic E-state index is 5.33. The predicted octanol–water partition coefficient (Wildman–Crippen LogP) is 4.16. The van der Waals surface area contributed by atoms with E-state index in [0.717, 1.165) is 17.1 Å². The Morgan fingerprint density at radius 1 is 0.833 bits per heavy atom. The normalized spacial score (nSPS) is 10.2. The molecule has 2 nitrogen and oxygen atoms in total. The highest BCUT2D eigenvalue weighted by molar-refractivity contribution is 7.99. The first kappa shape index (κ1) is 12.8. The maximum atomic E-state index is 5.33. The van der Waals surface area contributed by atoms with Crippen molar-refractivity contribution < 1.29 is 9.47 Å². The van der Waals surface area contributed by atoms with Crippen LogP contribution < -0.4 is 9.47 Å². The molecule has 94 valence electrons. The van der Waals surface area contributed by atoms with E-state index in [1.165, 1.54) is 9.79 Å². The van der Waals surface area contributed by atoms with Gasteiger partial charge in [0.15, 0.2) is 0 Å². The van der Waals surface area contributed by atoms with Crippen LogP contribution in [0, 0.1) is 6.92 Å². The van der Waals surface area contributed by atoms with Gasteiger partial charge in [-0.05, 0) is 48.9 Å². The van der Waals surface area contributed by atoms with Crippen LogP contribution in [-0.2, 0) is 0 Å². The molecule has 0 aliphatic rings. The first-order valence-electron chi connectivity index (χ1n) is 5.69. The van der Waals surface area contributed by atoms with Crippen molar-refractivity contribution in [3.05, 3.63) is 48.0 Å². The second-order valence-electron chi connectivity index (χ2n) is 3.91. The Morgan fingerprint density at radius 2 is 1.50 bits per heavy atom. The van der Waals surface area contributed by atoms with E-state index in [1.54, 1.807) is 26.0 Å². The molecule has 0 spiro atoms. The summed E-state index contributed by atoms with van der Waals surface area (Å²) in [5.74, 6) is 1.80. The molecule has 0 saturated heterocycles. The smallest absolute Gasteiger partial charge is 0.122 e. The summed E-state index contributed by atoms with van der Waals surface area (Å²) in [6.45, 7) is 2.04. The van der Waals surface area contributed by atoms with Crippen LogP contribution in [0.25, 0.3) is 0 Å². The quantitative estimate of drug-likeness (QED) is 0.822. The monoisotopic (exact) mass is 260 g/mol. The third-order valence-corrected chi connectivity index (χ3v) is 3.67. The number of aryl methyl sites for hydroxylation is 1. The lowest BCUT2D eigenvalue weighted by Gasteiger charge is -2.08. The molecule has 0 aliphatic carbocycles. The van der Waals surface area contributed by atoms with Crippen LogP contribution in [0.15, 0.2) is 52.3 Å². The number of benzene rings is 2. The molecule has 3 heteroatoms. The van der Waals surface area contributed by atoms with Crippen LogP contribution in [0.4, 0.5) is 0 Å². The van der Waals surface area contributed by atoms with E-state index >= 15 is 0 Å². The van der Waals surface area contributed by atoms with Gasteiger partial charge in [0.25, 0.3) is 0 Å². The van der Waals surface area contributed by atoms with Crippen molar-refractivity contribution in [2.75, 3.05) is 14.2 Å². The molecule has 18 heavy (non-hydrogen) atoms. The SMILES string of the molecule is COc1ccc(Sc2ccc(C)c(OC)c2)cc1. The highest BCUT2D eigenvalue weighted by atomic mass is 32.2. The Hall–Kier alpha value is -1.61. The Balaban J connectivity index is 2.17. The van der Waals surface area contributed by atoms with Crippen molar-refractivity contribution in [3.63, 3.8) is 0 Å². The zero-order valence-corrected chi connectivity index (χ0v) is 11.6. The third kappa shape index (κ3) is 2.99. The molecular formula is C15H16O2S. The molecule has 2 aromatic carbocycles. The molecule has 0 aromatic heterocycles. The van der Waals surface area contributed by atoms with Gasteiger partial charge in [-0.2, -0.15) is 0 Å². The summed E-state index contributed by atoms with van der Waals surface area (Å²) >= 11 is 1.71.